The van der Waals surface area contributed by atoms with E-state index >= 15 is 0 Å². The maximum Gasteiger partial charge on any atom is 0.137 e. The van der Waals surface area contributed by atoms with E-state index in [-0.39, 0.29) is 11.6 Å². The molecule has 35 heavy (non-hydrogen) atoms. The van der Waals surface area contributed by atoms with Gasteiger partial charge in [0.25, 0.3) is 0 Å². The molecule has 0 unspecified atom stereocenters. The number of aromatic nitrogens is 7. The Morgan fingerprint density at radius 2 is 1.37 bits per heavy atom. The molecule has 0 aliphatic heterocycles. The van der Waals surface area contributed by atoms with Gasteiger partial charge < -0.3 is 19.5 Å². The predicted octanol–water partition coefficient (Wildman–Crippen LogP) is 5.06. The number of rotatable bonds is 8. The van der Waals surface area contributed by atoms with Gasteiger partial charge in [-0.05, 0) is 60.4 Å². The van der Waals surface area contributed by atoms with Crippen molar-refractivity contribution in [2.24, 2.45) is 0 Å². The van der Waals surface area contributed by atoms with Gasteiger partial charge in [-0.25, -0.2) is 13.8 Å². The highest BCUT2D eigenvalue weighted by molar-refractivity contribution is 5.84. The van der Waals surface area contributed by atoms with Crippen LogP contribution in [0.15, 0.2) is 61.3 Å². The summed E-state index contributed by atoms with van der Waals surface area (Å²) in [7, 11) is 0. The van der Waals surface area contributed by atoms with Gasteiger partial charge in [0.15, 0.2) is 0 Å². The molecule has 0 aliphatic carbocycles. The number of H-pyrrole nitrogens is 3. The maximum absolute atomic E-state index is 13.6. The van der Waals surface area contributed by atoms with E-state index in [2.05, 4.69) is 34.7 Å². The Morgan fingerprint density at radius 3 is 1.91 bits per heavy atom. The van der Waals surface area contributed by atoms with E-state index in [1.54, 1.807) is 18.5 Å². The van der Waals surface area contributed by atoms with Crippen molar-refractivity contribution in [1.29, 1.82) is 0 Å². The van der Waals surface area contributed by atoms with Crippen LogP contribution < -0.4 is 0 Å². The maximum atomic E-state index is 13.6. The summed E-state index contributed by atoms with van der Waals surface area (Å²) in [4.78, 5) is 13.6. The van der Waals surface area contributed by atoms with Gasteiger partial charge in [-0.2, -0.15) is 0 Å². The largest absolute Gasteiger partial charge is 0.361 e. The molecule has 4 heterocycles. The zero-order valence-electron chi connectivity index (χ0n) is 18.9. The molecule has 176 valence electrons. The van der Waals surface area contributed by atoms with Crippen molar-refractivity contribution in [1.82, 2.24) is 34.7 Å². The molecule has 0 aliphatic rings. The van der Waals surface area contributed by atoms with E-state index in [1.165, 1.54) is 24.3 Å². The molecule has 0 fully saturated rings. The number of hydrogen-bond donors (Lipinski definition) is 3. The Morgan fingerprint density at radius 1 is 0.771 bits per heavy atom. The highest BCUT2D eigenvalue weighted by Crippen LogP contribution is 2.24. The summed E-state index contributed by atoms with van der Waals surface area (Å²) >= 11 is 0. The van der Waals surface area contributed by atoms with Crippen molar-refractivity contribution in [2.45, 2.75) is 32.2 Å². The molecule has 0 saturated heterocycles. The lowest BCUT2D eigenvalue weighted by molar-refractivity contribution is 0.593. The number of nitrogens with zero attached hydrogens (tertiary/aromatic N) is 4. The van der Waals surface area contributed by atoms with Crippen molar-refractivity contribution in [3.8, 4) is 0 Å². The molecule has 0 atom stereocenters. The minimum absolute atomic E-state index is 0.270. The Kier molecular flexibility index (Phi) is 5.36. The number of halogens is 2. The van der Waals surface area contributed by atoms with Gasteiger partial charge >= 0.3 is 0 Å². The van der Waals surface area contributed by atoms with Crippen LogP contribution in [0.2, 0.25) is 0 Å². The van der Waals surface area contributed by atoms with E-state index in [1.807, 2.05) is 18.6 Å². The number of hydrogen-bond acceptors (Lipinski definition) is 3. The SMILES string of the molecule is Fc1ccc2c(Cc3nnc(Cc4c[nH]c5cc(F)ccc45)n3CCCc3cnc[nH]3)c[nH]c2c1. The van der Waals surface area contributed by atoms with Gasteiger partial charge in [-0.1, -0.05) is 0 Å². The number of nitrogens with one attached hydrogen (secondary N) is 3. The molecule has 9 heteroatoms. The average Bonchev–Trinajstić information content (AvgIpc) is 3.64. The number of benzene rings is 2. The summed E-state index contributed by atoms with van der Waals surface area (Å²) in [6, 6.07) is 9.53. The van der Waals surface area contributed by atoms with Gasteiger partial charge in [0.2, 0.25) is 0 Å². The molecule has 7 nitrogen and oxygen atoms in total. The third-order valence-electron chi connectivity index (χ3n) is 6.44. The summed E-state index contributed by atoms with van der Waals surface area (Å²) in [5, 5.41) is 11.0. The zero-order valence-corrected chi connectivity index (χ0v) is 18.9. The van der Waals surface area contributed by atoms with Crippen molar-refractivity contribution in [3.05, 3.63) is 101 Å². The molecule has 0 spiro atoms. The standard InChI is InChI=1S/C26H23F2N7/c27-18-3-5-21-16(12-30-23(21)10-18)8-25-33-34-26(35(25)7-1-2-20-14-29-15-32-20)9-17-13-31-24-11-19(28)4-6-22(17)24/h3-6,10-15,30-31H,1-2,7-9H2,(H,29,32). The average molecular weight is 472 g/mol. The lowest BCUT2D eigenvalue weighted by Gasteiger charge is -2.10. The number of aryl methyl sites for hydroxylation is 1. The minimum Gasteiger partial charge on any atom is -0.361 e. The lowest BCUT2D eigenvalue weighted by Crippen LogP contribution is -2.10. The predicted molar refractivity (Wildman–Crippen MR) is 129 cm³/mol. The molecular formula is C26H23F2N7. The Bertz CT molecular complexity index is 1510. The number of fused-ring (bicyclic) bond motifs is 2. The Labute approximate surface area is 199 Å². The molecular weight excluding hydrogens is 448 g/mol. The minimum atomic E-state index is -0.270. The van der Waals surface area contributed by atoms with Gasteiger partial charge in [0.05, 0.1) is 6.33 Å². The number of aromatic amines is 3. The number of imidazole rings is 1. The van der Waals surface area contributed by atoms with E-state index in [0.717, 1.165) is 69.7 Å². The van der Waals surface area contributed by atoms with Crippen LogP contribution in [0.25, 0.3) is 21.8 Å². The van der Waals surface area contributed by atoms with Gasteiger partial charge in [0.1, 0.15) is 23.3 Å². The summed E-state index contributed by atoms with van der Waals surface area (Å²) in [5.41, 5.74) is 4.68. The van der Waals surface area contributed by atoms with Crippen LogP contribution in [0.1, 0.15) is 34.9 Å². The molecule has 4 aromatic heterocycles. The van der Waals surface area contributed by atoms with Crippen LogP contribution in [0.3, 0.4) is 0 Å². The highest BCUT2D eigenvalue weighted by atomic mass is 19.1. The first-order valence-electron chi connectivity index (χ1n) is 11.5. The van der Waals surface area contributed by atoms with Crippen molar-refractivity contribution < 1.29 is 8.78 Å². The first-order chi connectivity index (χ1) is 17.1. The third kappa shape index (κ3) is 4.21. The van der Waals surface area contributed by atoms with E-state index in [0.29, 0.717) is 12.8 Å². The van der Waals surface area contributed by atoms with Crippen molar-refractivity contribution in [2.75, 3.05) is 0 Å². The third-order valence-corrected chi connectivity index (χ3v) is 6.44. The summed E-state index contributed by atoms with van der Waals surface area (Å²) in [5.74, 6) is 1.16. The van der Waals surface area contributed by atoms with Crippen molar-refractivity contribution in [3.63, 3.8) is 0 Å². The molecule has 6 aromatic rings. The van der Waals surface area contributed by atoms with Crippen LogP contribution in [0.4, 0.5) is 8.78 Å². The van der Waals surface area contributed by atoms with Gasteiger partial charge in [-0.15, -0.1) is 10.2 Å². The first-order valence-corrected chi connectivity index (χ1v) is 11.5. The second-order valence-electron chi connectivity index (χ2n) is 8.73. The first kappa shape index (κ1) is 21.3. The van der Waals surface area contributed by atoms with Gasteiger partial charge in [0, 0.05) is 65.5 Å². The summed E-state index contributed by atoms with van der Waals surface area (Å²) < 4.78 is 29.4. The van der Waals surface area contributed by atoms with E-state index in [9.17, 15) is 8.78 Å². The Hall–Kier alpha value is -4.27. The molecule has 3 N–H and O–H groups in total. The normalized spacial score (nSPS) is 11.7. The quantitative estimate of drug-likeness (QED) is 0.290. The van der Waals surface area contributed by atoms with Crippen molar-refractivity contribution >= 4 is 21.8 Å². The van der Waals surface area contributed by atoms with Crippen LogP contribution in [-0.2, 0) is 25.8 Å². The highest BCUT2D eigenvalue weighted by Gasteiger charge is 2.17. The molecule has 2 aromatic carbocycles. The fourth-order valence-electron chi connectivity index (χ4n) is 4.69. The fraction of sp³-hybridized carbons (Fsp3) is 0.192. The topological polar surface area (TPSA) is 91.0 Å². The summed E-state index contributed by atoms with van der Waals surface area (Å²) in [6.07, 6.45) is 10.2. The molecule has 6 rings (SSSR count). The van der Waals surface area contributed by atoms with Crippen LogP contribution >= 0.6 is 0 Å². The van der Waals surface area contributed by atoms with E-state index in [4.69, 9.17) is 0 Å². The van der Waals surface area contributed by atoms with Crippen LogP contribution in [0, 0.1) is 11.6 Å². The molecule has 0 amide bonds. The summed E-state index contributed by atoms with van der Waals surface area (Å²) in [6.45, 7) is 0.741. The molecule has 0 radical (unpaired) electrons. The smallest absolute Gasteiger partial charge is 0.137 e. The second kappa shape index (κ2) is 8.83. The fourth-order valence-corrected chi connectivity index (χ4v) is 4.69. The lowest BCUT2D eigenvalue weighted by atomic mass is 10.1. The molecule has 0 saturated carbocycles. The van der Waals surface area contributed by atoms with Crippen LogP contribution in [0.5, 0.6) is 0 Å². The van der Waals surface area contributed by atoms with Gasteiger partial charge in [-0.3, -0.25) is 0 Å². The molecule has 0 bridgehead atoms. The zero-order chi connectivity index (χ0) is 23.8. The van der Waals surface area contributed by atoms with Crippen LogP contribution in [-0.4, -0.2) is 34.7 Å². The monoisotopic (exact) mass is 471 g/mol. The second-order valence-corrected chi connectivity index (χ2v) is 8.73. The Balaban J connectivity index is 1.31. The van der Waals surface area contributed by atoms with E-state index < -0.39 is 0 Å².